The van der Waals surface area contributed by atoms with Crippen molar-refractivity contribution in [3.8, 4) is 11.5 Å². The number of aromatic nitrogens is 4. The Bertz CT molecular complexity index is 1460. The number of methoxy groups -OCH3 is 2. The van der Waals surface area contributed by atoms with Crippen LogP contribution in [-0.2, 0) is 17.8 Å². The van der Waals surface area contributed by atoms with Crippen LogP contribution in [0.1, 0.15) is 86.9 Å². The van der Waals surface area contributed by atoms with E-state index in [9.17, 15) is 4.79 Å². The minimum atomic E-state index is -0.0189. The van der Waals surface area contributed by atoms with Gasteiger partial charge in [0.1, 0.15) is 5.82 Å². The molecule has 4 aromatic rings. The van der Waals surface area contributed by atoms with Crippen molar-refractivity contribution >= 4 is 17.5 Å². The molecular weight excluding hydrogens is 562 g/mol. The fourth-order valence-corrected chi connectivity index (χ4v) is 5.93. The van der Waals surface area contributed by atoms with E-state index in [0.29, 0.717) is 29.5 Å². The van der Waals surface area contributed by atoms with Gasteiger partial charge in [0.25, 0.3) is 0 Å². The van der Waals surface area contributed by atoms with Crippen molar-refractivity contribution in [3.05, 3.63) is 101 Å². The van der Waals surface area contributed by atoms with E-state index in [4.69, 9.17) is 26.1 Å². The number of nitrogens with zero attached hydrogens (tertiary/aromatic N) is 4. The summed E-state index contributed by atoms with van der Waals surface area (Å²) in [6.45, 7) is 6.77. The van der Waals surface area contributed by atoms with Crippen LogP contribution in [0, 0.1) is 5.92 Å². The Balaban J connectivity index is 1.47. The minimum absolute atomic E-state index is 0.0102. The largest absolute Gasteiger partial charge is 0.493 e. The first-order valence-electron chi connectivity index (χ1n) is 15.0. The zero-order valence-electron chi connectivity index (χ0n) is 25.7. The molecule has 0 saturated heterocycles. The molecule has 3 atom stereocenters. The number of halogens is 1. The first-order chi connectivity index (χ1) is 20.9. The molecule has 0 aliphatic carbocycles. The summed E-state index contributed by atoms with van der Waals surface area (Å²) >= 11 is 6.59. The Labute approximate surface area is 259 Å². The third-order valence-corrected chi connectivity index (χ3v) is 8.30. The van der Waals surface area contributed by atoms with Crippen LogP contribution in [0.25, 0.3) is 0 Å². The van der Waals surface area contributed by atoms with Crippen LogP contribution in [-0.4, -0.2) is 39.6 Å². The summed E-state index contributed by atoms with van der Waals surface area (Å²) in [6, 6.07) is 15.8. The lowest BCUT2D eigenvalue weighted by Gasteiger charge is -2.25. The predicted octanol–water partition coefficient (Wildman–Crippen LogP) is 7.16. The van der Waals surface area contributed by atoms with E-state index in [2.05, 4.69) is 46.7 Å². The quantitative estimate of drug-likeness (QED) is 0.155. The third-order valence-electron chi connectivity index (χ3n) is 7.88. The Morgan fingerprint density at radius 3 is 2.28 bits per heavy atom. The van der Waals surface area contributed by atoms with Crippen molar-refractivity contribution in [1.82, 2.24) is 24.8 Å². The van der Waals surface area contributed by atoms with E-state index in [1.54, 1.807) is 14.2 Å². The molecule has 3 aromatic heterocycles. The number of imidazole rings is 1. The summed E-state index contributed by atoms with van der Waals surface area (Å²) in [5, 5.41) is 3.67. The normalized spacial score (nSPS) is 13.3. The molecule has 0 radical (unpaired) electrons. The molecule has 0 fully saturated rings. The number of benzene rings is 1. The van der Waals surface area contributed by atoms with Crippen molar-refractivity contribution < 1.29 is 14.3 Å². The number of hydrogen-bond donors (Lipinski definition) is 1. The Morgan fingerprint density at radius 1 is 0.953 bits per heavy atom. The van der Waals surface area contributed by atoms with Crippen molar-refractivity contribution in [2.75, 3.05) is 14.2 Å². The van der Waals surface area contributed by atoms with Crippen LogP contribution < -0.4 is 14.8 Å². The Morgan fingerprint density at radius 2 is 1.67 bits per heavy atom. The second-order valence-electron chi connectivity index (χ2n) is 10.8. The standard InChI is InChI=1S/C34H42ClN5O3/c1-6-25(26-12-8-10-18-36-26)29-21-38-31(40(29)28(7-2)27-13-9-11-19-37-27)22-39-32(41)17-14-23(3)20-24-15-16-30(42-4)34(43-5)33(24)35/h8-13,15-16,18-19,21,23,25,28H,6-7,14,17,20,22H2,1-5H3,(H,39,41). The van der Waals surface area contributed by atoms with E-state index in [1.165, 1.54) is 0 Å². The first kappa shape index (κ1) is 32.0. The van der Waals surface area contributed by atoms with Crippen molar-refractivity contribution in [3.63, 3.8) is 0 Å². The van der Waals surface area contributed by atoms with E-state index >= 15 is 0 Å². The number of ether oxygens (including phenoxy) is 2. The third kappa shape index (κ3) is 7.73. The van der Waals surface area contributed by atoms with Crippen LogP contribution in [0.5, 0.6) is 11.5 Å². The maximum atomic E-state index is 13.0. The number of carbonyl (C=O) groups excluding carboxylic acids is 1. The lowest BCUT2D eigenvalue weighted by molar-refractivity contribution is -0.121. The summed E-state index contributed by atoms with van der Waals surface area (Å²) in [5.41, 5.74) is 4.01. The summed E-state index contributed by atoms with van der Waals surface area (Å²) in [7, 11) is 3.17. The maximum absolute atomic E-state index is 13.0. The smallest absolute Gasteiger partial charge is 0.220 e. The Hall–Kier alpha value is -3.91. The molecule has 43 heavy (non-hydrogen) atoms. The lowest BCUT2D eigenvalue weighted by Crippen LogP contribution is -2.27. The molecule has 8 nitrogen and oxygen atoms in total. The van der Waals surface area contributed by atoms with Crippen molar-refractivity contribution in [2.45, 2.75) is 71.4 Å². The molecule has 1 aromatic carbocycles. The molecule has 3 heterocycles. The number of nitrogens with one attached hydrogen (secondary N) is 1. The topological polar surface area (TPSA) is 91.2 Å². The second kappa shape index (κ2) is 15.5. The molecule has 1 amide bonds. The molecule has 4 rings (SSSR count). The summed E-state index contributed by atoms with van der Waals surface area (Å²) < 4.78 is 13.0. The monoisotopic (exact) mass is 603 g/mol. The van der Waals surface area contributed by atoms with Gasteiger partial charge in [0, 0.05) is 42.3 Å². The number of amides is 1. The number of rotatable bonds is 15. The van der Waals surface area contributed by atoms with Gasteiger partial charge in [0.05, 0.1) is 37.5 Å². The highest BCUT2D eigenvalue weighted by atomic mass is 35.5. The minimum Gasteiger partial charge on any atom is -0.493 e. The van der Waals surface area contributed by atoms with Gasteiger partial charge in [-0.15, -0.1) is 0 Å². The summed E-state index contributed by atoms with van der Waals surface area (Å²) in [6.07, 6.45) is 9.14. The number of pyridine rings is 2. The zero-order chi connectivity index (χ0) is 30.8. The van der Waals surface area contributed by atoms with Gasteiger partial charge >= 0.3 is 0 Å². The molecule has 3 unspecified atom stereocenters. The highest BCUT2D eigenvalue weighted by molar-refractivity contribution is 6.33. The van der Waals surface area contributed by atoms with E-state index in [-0.39, 0.29) is 23.8 Å². The fourth-order valence-electron chi connectivity index (χ4n) is 5.62. The highest BCUT2D eigenvalue weighted by Gasteiger charge is 2.26. The van der Waals surface area contributed by atoms with Crippen molar-refractivity contribution in [1.29, 1.82) is 0 Å². The van der Waals surface area contributed by atoms with Gasteiger partial charge in [-0.3, -0.25) is 14.8 Å². The van der Waals surface area contributed by atoms with Gasteiger partial charge in [-0.2, -0.15) is 0 Å². The molecule has 1 N–H and O–H groups in total. The van der Waals surface area contributed by atoms with Gasteiger partial charge in [-0.1, -0.05) is 50.6 Å². The van der Waals surface area contributed by atoms with Crippen LogP contribution in [0.4, 0.5) is 0 Å². The molecule has 0 spiro atoms. The number of hydrogen-bond acceptors (Lipinski definition) is 6. The van der Waals surface area contributed by atoms with Crippen LogP contribution in [0.2, 0.25) is 5.02 Å². The van der Waals surface area contributed by atoms with E-state index in [1.807, 2.05) is 61.1 Å². The summed E-state index contributed by atoms with van der Waals surface area (Å²) in [5.74, 6) is 2.24. The van der Waals surface area contributed by atoms with Gasteiger partial charge in [0.2, 0.25) is 5.91 Å². The van der Waals surface area contributed by atoms with Crippen molar-refractivity contribution in [2.24, 2.45) is 5.92 Å². The maximum Gasteiger partial charge on any atom is 0.220 e. The van der Waals surface area contributed by atoms with E-state index in [0.717, 1.165) is 54.2 Å². The van der Waals surface area contributed by atoms with Crippen LogP contribution >= 0.6 is 11.6 Å². The molecule has 228 valence electrons. The highest BCUT2D eigenvalue weighted by Crippen LogP contribution is 2.38. The zero-order valence-corrected chi connectivity index (χ0v) is 26.5. The SMILES string of the molecule is CCC(c1ccccn1)c1cnc(CNC(=O)CCC(C)Cc2ccc(OC)c(OC)c2Cl)n1C(CC)c1ccccn1. The lowest BCUT2D eigenvalue weighted by atomic mass is 9.96. The van der Waals surface area contributed by atoms with E-state index < -0.39 is 0 Å². The molecule has 0 saturated carbocycles. The van der Waals surface area contributed by atoms with Gasteiger partial charge in [0.15, 0.2) is 11.5 Å². The molecule has 9 heteroatoms. The average Bonchev–Trinajstić information content (AvgIpc) is 3.44. The molecule has 0 aliphatic heterocycles. The molecule has 0 aliphatic rings. The van der Waals surface area contributed by atoms with Gasteiger partial charge < -0.3 is 19.4 Å². The summed E-state index contributed by atoms with van der Waals surface area (Å²) in [4.78, 5) is 27.2. The van der Waals surface area contributed by atoms with Gasteiger partial charge in [-0.25, -0.2) is 4.98 Å². The van der Waals surface area contributed by atoms with Gasteiger partial charge in [-0.05, 0) is 67.5 Å². The van der Waals surface area contributed by atoms with Crippen LogP contribution in [0.15, 0.2) is 67.1 Å². The molecule has 0 bridgehead atoms. The van der Waals surface area contributed by atoms with Crippen LogP contribution in [0.3, 0.4) is 0 Å². The second-order valence-corrected chi connectivity index (χ2v) is 11.1. The molecular formula is C34H42ClN5O3. The number of carbonyl (C=O) groups is 1. The average molecular weight is 604 g/mol. The predicted molar refractivity (Wildman–Crippen MR) is 170 cm³/mol. The first-order valence-corrected chi connectivity index (χ1v) is 15.3. The fraction of sp³-hybridized carbons (Fsp3) is 0.412. The Kier molecular flexibility index (Phi) is 11.6.